The van der Waals surface area contributed by atoms with Gasteiger partial charge in [-0.1, -0.05) is 30.3 Å². The highest BCUT2D eigenvalue weighted by molar-refractivity contribution is 5.85. The van der Waals surface area contributed by atoms with E-state index in [1.165, 1.54) is 5.56 Å². The molecule has 3 aromatic rings. The van der Waals surface area contributed by atoms with Crippen LogP contribution in [0.2, 0.25) is 0 Å². The number of nitrogens with zero attached hydrogens (tertiary/aromatic N) is 3. The summed E-state index contributed by atoms with van der Waals surface area (Å²) in [5.74, 6) is 0.945. The Morgan fingerprint density at radius 2 is 2.00 bits per heavy atom. The van der Waals surface area contributed by atoms with E-state index in [2.05, 4.69) is 11.4 Å². The summed E-state index contributed by atoms with van der Waals surface area (Å²) in [4.78, 5) is 29.9. The first-order chi connectivity index (χ1) is 16.1. The van der Waals surface area contributed by atoms with Crippen LogP contribution in [0.5, 0.6) is 5.75 Å². The van der Waals surface area contributed by atoms with Crippen molar-refractivity contribution in [3.8, 4) is 5.75 Å². The first kappa shape index (κ1) is 21.5. The number of carbonyl (C=O) groups excluding carboxylic acids is 2. The SMILES string of the molecule is CN1CCN(C(=O)Cn2ccc3ccccc32)C[C@H]1C(=O)NCc1ccc2c(c1)CCCO2. The van der Waals surface area contributed by atoms with Gasteiger partial charge in [0.25, 0.3) is 0 Å². The molecule has 0 bridgehead atoms. The van der Waals surface area contributed by atoms with Crippen molar-refractivity contribution in [2.24, 2.45) is 0 Å². The Bertz CT molecular complexity index is 1170. The first-order valence-corrected chi connectivity index (χ1v) is 11.6. The number of likely N-dealkylation sites (N-methyl/N-ethyl adjacent to an activating group) is 1. The molecule has 1 atom stereocenters. The molecule has 2 amide bonds. The van der Waals surface area contributed by atoms with Gasteiger partial charge in [0.2, 0.25) is 11.8 Å². The monoisotopic (exact) mass is 446 g/mol. The number of amides is 2. The molecule has 2 aromatic carbocycles. The summed E-state index contributed by atoms with van der Waals surface area (Å²) in [6, 6.07) is 15.8. The molecule has 3 heterocycles. The van der Waals surface area contributed by atoms with Gasteiger partial charge in [0.05, 0.1) is 6.61 Å². The Balaban J connectivity index is 1.20. The third-order valence-electron chi connectivity index (χ3n) is 6.73. The molecule has 2 aliphatic heterocycles. The molecular weight excluding hydrogens is 416 g/mol. The van der Waals surface area contributed by atoms with E-state index in [-0.39, 0.29) is 24.4 Å². The van der Waals surface area contributed by atoms with Gasteiger partial charge in [-0.2, -0.15) is 0 Å². The molecule has 7 nitrogen and oxygen atoms in total. The maximum absolute atomic E-state index is 13.0. The lowest BCUT2D eigenvalue weighted by Gasteiger charge is -2.38. The van der Waals surface area contributed by atoms with Crippen molar-refractivity contribution in [2.45, 2.75) is 32.0 Å². The number of carbonyl (C=O) groups is 2. The zero-order valence-corrected chi connectivity index (χ0v) is 19.0. The lowest BCUT2D eigenvalue weighted by atomic mass is 10.0. The van der Waals surface area contributed by atoms with Crippen molar-refractivity contribution in [2.75, 3.05) is 33.3 Å². The molecule has 172 valence electrons. The Labute approximate surface area is 193 Å². The number of fused-ring (bicyclic) bond motifs is 2. The van der Waals surface area contributed by atoms with E-state index < -0.39 is 0 Å². The van der Waals surface area contributed by atoms with Crippen molar-refractivity contribution < 1.29 is 14.3 Å². The highest BCUT2D eigenvalue weighted by atomic mass is 16.5. The Morgan fingerprint density at radius 3 is 2.91 bits per heavy atom. The molecular formula is C26H30N4O3. The van der Waals surface area contributed by atoms with E-state index in [1.54, 1.807) is 0 Å². The number of aromatic nitrogens is 1. The molecule has 1 aromatic heterocycles. The van der Waals surface area contributed by atoms with Crippen molar-refractivity contribution in [3.63, 3.8) is 0 Å². The van der Waals surface area contributed by atoms with Crippen LogP contribution in [-0.2, 0) is 29.1 Å². The Hall–Kier alpha value is -3.32. The maximum atomic E-state index is 13.0. The summed E-state index contributed by atoms with van der Waals surface area (Å²) < 4.78 is 7.65. The van der Waals surface area contributed by atoms with Gasteiger partial charge < -0.3 is 19.5 Å². The number of hydrogen-bond donors (Lipinski definition) is 1. The van der Waals surface area contributed by atoms with Crippen LogP contribution in [0, 0.1) is 0 Å². The second kappa shape index (κ2) is 9.27. The van der Waals surface area contributed by atoms with Crippen molar-refractivity contribution in [1.82, 2.24) is 19.7 Å². The lowest BCUT2D eigenvalue weighted by Crippen LogP contribution is -2.59. The van der Waals surface area contributed by atoms with Gasteiger partial charge in [-0.05, 0) is 54.6 Å². The van der Waals surface area contributed by atoms with Crippen molar-refractivity contribution >= 4 is 22.7 Å². The zero-order valence-electron chi connectivity index (χ0n) is 19.0. The van der Waals surface area contributed by atoms with Crippen LogP contribution >= 0.6 is 0 Å². The standard InChI is InChI=1S/C26H30N4O3/c1-28-12-13-30(25(31)18-29-11-10-20-5-2-3-7-22(20)29)17-23(28)26(32)27-16-19-8-9-24-21(15-19)6-4-14-33-24/h2-3,5,7-11,15,23H,4,6,12-14,16-18H2,1H3,(H,27,32)/t23-/m0/s1. The predicted molar refractivity (Wildman–Crippen MR) is 127 cm³/mol. The second-order valence-corrected chi connectivity index (χ2v) is 8.95. The summed E-state index contributed by atoms with van der Waals surface area (Å²) in [6.45, 7) is 3.23. The summed E-state index contributed by atoms with van der Waals surface area (Å²) in [5.41, 5.74) is 3.32. The van der Waals surface area contributed by atoms with Gasteiger partial charge in [-0.15, -0.1) is 0 Å². The smallest absolute Gasteiger partial charge is 0.242 e. The average molecular weight is 447 g/mol. The average Bonchev–Trinajstić information content (AvgIpc) is 3.25. The van der Waals surface area contributed by atoms with E-state index in [9.17, 15) is 9.59 Å². The molecule has 0 saturated carbocycles. The molecule has 7 heteroatoms. The topological polar surface area (TPSA) is 66.8 Å². The highest BCUT2D eigenvalue weighted by Gasteiger charge is 2.32. The largest absolute Gasteiger partial charge is 0.493 e. The molecule has 33 heavy (non-hydrogen) atoms. The molecule has 2 aliphatic rings. The van der Waals surface area contributed by atoms with Gasteiger partial charge >= 0.3 is 0 Å². The molecule has 1 fully saturated rings. The summed E-state index contributed by atoms with van der Waals surface area (Å²) in [7, 11) is 1.95. The van der Waals surface area contributed by atoms with Crippen LogP contribution in [-0.4, -0.2) is 65.5 Å². The highest BCUT2D eigenvalue weighted by Crippen LogP contribution is 2.25. The van der Waals surface area contributed by atoms with Crippen molar-refractivity contribution in [1.29, 1.82) is 0 Å². The van der Waals surface area contributed by atoms with Gasteiger partial charge in [-0.25, -0.2) is 0 Å². The van der Waals surface area contributed by atoms with Gasteiger partial charge in [0.1, 0.15) is 18.3 Å². The second-order valence-electron chi connectivity index (χ2n) is 8.95. The zero-order chi connectivity index (χ0) is 22.8. The van der Waals surface area contributed by atoms with Gasteiger partial charge in [0.15, 0.2) is 0 Å². The number of benzene rings is 2. The molecule has 0 spiro atoms. The minimum atomic E-state index is -0.356. The van der Waals surface area contributed by atoms with Crippen LogP contribution in [0.25, 0.3) is 10.9 Å². The van der Waals surface area contributed by atoms with E-state index in [0.29, 0.717) is 26.2 Å². The number of hydrogen-bond acceptors (Lipinski definition) is 4. The van der Waals surface area contributed by atoms with Crippen LogP contribution in [0.15, 0.2) is 54.7 Å². The number of piperazine rings is 1. The number of rotatable bonds is 5. The summed E-state index contributed by atoms with van der Waals surface area (Å²) in [5, 5.41) is 4.19. The number of aryl methyl sites for hydroxylation is 1. The normalized spacial score (nSPS) is 18.6. The fraction of sp³-hybridized carbons (Fsp3) is 0.385. The van der Waals surface area contributed by atoms with E-state index in [4.69, 9.17) is 4.74 Å². The quantitative estimate of drug-likeness (QED) is 0.654. The van der Waals surface area contributed by atoms with Crippen LogP contribution in [0.4, 0.5) is 0 Å². The van der Waals surface area contributed by atoms with E-state index in [0.717, 1.165) is 41.7 Å². The molecule has 5 rings (SSSR count). The summed E-state index contributed by atoms with van der Waals surface area (Å²) >= 11 is 0. The lowest BCUT2D eigenvalue weighted by molar-refractivity contribution is -0.138. The fourth-order valence-electron chi connectivity index (χ4n) is 4.74. The van der Waals surface area contributed by atoms with E-state index >= 15 is 0 Å². The summed E-state index contributed by atoms with van der Waals surface area (Å²) in [6.07, 6.45) is 3.99. The molecule has 1 N–H and O–H groups in total. The third kappa shape index (κ3) is 4.59. The first-order valence-electron chi connectivity index (χ1n) is 11.6. The van der Waals surface area contributed by atoms with Gasteiger partial charge in [-0.3, -0.25) is 14.5 Å². The predicted octanol–water partition coefficient (Wildman–Crippen LogP) is 2.43. The van der Waals surface area contributed by atoms with Crippen molar-refractivity contribution in [3.05, 3.63) is 65.9 Å². The fourth-order valence-corrected chi connectivity index (χ4v) is 4.74. The molecule has 1 saturated heterocycles. The Morgan fingerprint density at radius 1 is 1.12 bits per heavy atom. The minimum absolute atomic E-state index is 0.0388. The Kier molecular flexibility index (Phi) is 6.05. The maximum Gasteiger partial charge on any atom is 0.242 e. The van der Waals surface area contributed by atoms with Crippen LogP contribution < -0.4 is 10.1 Å². The van der Waals surface area contributed by atoms with Crippen LogP contribution in [0.3, 0.4) is 0 Å². The van der Waals surface area contributed by atoms with E-state index in [1.807, 2.05) is 70.1 Å². The minimum Gasteiger partial charge on any atom is -0.493 e. The number of nitrogens with one attached hydrogen (secondary N) is 1. The molecule has 0 unspecified atom stereocenters. The third-order valence-corrected chi connectivity index (χ3v) is 6.73. The van der Waals surface area contributed by atoms with Crippen LogP contribution in [0.1, 0.15) is 17.5 Å². The molecule has 0 aliphatic carbocycles. The number of para-hydroxylation sites is 1. The number of ether oxygens (including phenoxy) is 1. The molecule has 0 radical (unpaired) electrons. The van der Waals surface area contributed by atoms with Gasteiger partial charge in [0, 0.05) is 37.9 Å².